The van der Waals surface area contributed by atoms with Crippen LogP contribution in [0.3, 0.4) is 0 Å². The number of nitrogens with one attached hydrogen (secondary N) is 1. The second kappa shape index (κ2) is 8.76. The summed E-state index contributed by atoms with van der Waals surface area (Å²) in [5.41, 5.74) is 1.23. The van der Waals surface area contributed by atoms with E-state index >= 15 is 0 Å². The minimum absolute atomic E-state index is 0.501. The summed E-state index contributed by atoms with van der Waals surface area (Å²) >= 11 is 3.55. The van der Waals surface area contributed by atoms with Crippen LogP contribution in [0.5, 0.6) is 5.75 Å². The Bertz CT molecular complexity index is 433. The van der Waals surface area contributed by atoms with Gasteiger partial charge in [0.05, 0.1) is 6.61 Å². The molecule has 0 aliphatic carbocycles. The first kappa shape index (κ1) is 16.8. The molecule has 1 atom stereocenters. The maximum atomic E-state index is 5.84. The first-order valence-corrected chi connectivity index (χ1v) is 8.85. The van der Waals surface area contributed by atoms with E-state index < -0.39 is 0 Å². The zero-order chi connectivity index (χ0) is 15.1. The van der Waals surface area contributed by atoms with Gasteiger partial charge in [-0.05, 0) is 57.5 Å². The predicted molar refractivity (Wildman–Crippen MR) is 91.9 cm³/mol. The van der Waals surface area contributed by atoms with E-state index in [4.69, 9.17) is 4.74 Å². The van der Waals surface area contributed by atoms with Crippen LogP contribution in [0.15, 0.2) is 22.7 Å². The van der Waals surface area contributed by atoms with Gasteiger partial charge in [-0.1, -0.05) is 22.9 Å². The molecule has 1 aromatic carbocycles. The third kappa shape index (κ3) is 5.61. The summed E-state index contributed by atoms with van der Waals surface area (Å²) in [6, 6.07) is 6.76. The summed E-state index contributed by atoms with van der Waals surface area (Å²) in [6.45, 7) is 9.68. The van der Waals surface area contributed by atoms with Crippen molar-refractivity contribution in [1.82, 2.24) is 10.2 Å². The molecule has 0 radical (unpaired) electrons. The molecule has 1 heterocycles. The highest BCUT2D eigenvalue weighted by Crippen LogP contribution is 2.23. The van der Waals surface area contributed by atoms with Gasteiger partial charge >= 0.3 is 0 Å². The van der Waals surface area contributed by atoms with Crippen LogP contribution >= 0.6 is 15.9 Å². The minimum Gasteiger partial charge on any atom is -0.493 e. The second-order valence-corrected chi connectivity index (χ2v) is 6.81. The summed E-state index contributed by atoms with van der Waals surface area (Å²) in [5, 5.41) is 3.63. The number of hydrogen-bond acceptors (Lipinski definition) is 3. The number of likely N-dealkylation sites (tertiary alicyclic amines) is 1. The molecular weight excluding hydrogens is 328 g/mol. The zero-order valence-electron chi connectivity index (χ0n) is 13.2. The van der Waals surface area contributed by atoms with Crippen molar-refractivity contribution in [3.63, 3.8) is 0 Å². The lowest BCUT2D eigenvalue weighted by Gasteiger charge is -2.22. The zero-order valence-corrected chi connectivity index (χ0v) is 14.8. The van der Waals surface area contributed by atoms with E-state index in [-0.39, 0.29) is 0 Å². The summed E-state index contributed by atoms with van der Waals surface area (Å²) in [4.78, 5) is 2.55. The molecule has 0 spiro atoms. The third-order valence-corrected chi connectivity index (χ3v) is 4.35. The van der Waals surface area contributed by atoms with Crippen LogP contribution in [-0.2, 0) is 6.54 Å². The van der Waals surface area contributed by atoms with Crippen LogP contribution < -0.4 is 10.1 Å². The quantitative estimate of drug-likeness (QED) is 0.767. The van der Waals surface area contributed by atoms with E-state index in [1.54, 1.807) is 0 Å². The molecule has 3 nitrogen and oxygen atoms in total. The SMILES string of the molecule is CCCOc1ccc(Br)cc1CNC(C)CN1CCCC1. The van der Waals surface area contributed by atoms with Crippen molar-refractivity contribution in [3.8, 4) is 5.75 Å². The summed E-state index contributed by atoms with van der Waals surface area (Å²) < 4.78 is 6.94. The Morgan fingerprint density at radius 2 is 2.10 bits per heavy atom. The van der Waals surface area contributed by atoms with Crippen LogP contribution in [0.1, 0.15) is 38.7 Å². The number of hydrogen-bond donors (Lipinski definition) is 1. The Hall–Kier alpha value is -0.580. The third-order valence-electron chi connectivity index (χ3n) is 3.86. The molecule has 0 amide bonds. The molecule has 4 heteroatoms. The van der Waals surface area contributed by atoms with Crippen molar-refractivity contribution >= 4 is 15.9 Å². The molecule has 0 aromatic heterocycles. The van der Waals surface area contributed by atoms with Crippen LogP contribution in [-0.4, -0.2) is 37.2 Å². The predicted octanol–water partition coefficient (Wildman–Crippen LogP) is 3.81. The fourth-order valence-corrected chi connectivity index (χ4v) is 3.15. The summed E-state index contributed by atoms with van der Waals surface area (Å²) in [6.07, 6.45) is 3.75. The van der Waals surface area contributed by atoms with Gasteiger partial charge in [0, 0.05) is 29.2 Å². The van der Waals surface area contributed by atoms with Gasteiger partial charge in [-0.15, -0.1) is 0 Å². The van der Waals surface area contributed by atoms with Crippen LogP contribution in [0.4, 0.5) is 0 Å². The average molecular weight is 355 g/mol. The van der Waals surface area contributed by atoms with Gasteiger partial charge in [0.1, 0.15) is 5.75 Å². The molecule has 1 aliphatic heterocycles. The first-order valence-electron chi connectivity index (χ1n) is 8.06. The Labute approximate surface area is 137 Å². The van der Waals surface area contributed by atoms with Crippen LogP contribution in [0.2, 0.25) is 0 Å². The summed E-state index contributed by atoms with van der Waals surface area (Å²) in [5.74, 6) is 1.00. The Morgan fingerprint density at radius 3 is 2.81 bits per heavy atom. The van der Waals surface area contributed by atoms with Gasteiger partial charge in [0.25, 0.3) is 0 Å². The van der Waals surface area contributed by atoms with Crippen molar-refractivity contribution in [2.24, 2.45) is 0 Å². The number of benzene rings is 1. The van der Waals surface area contributed by atoms with Crippen molar-refractivity contribution in [3.05, 3.63) is 28.2 Å². The van der Waals surface area contributed by atoms with Gasteiger partial charge in [0.15, 0.2) is 0 Å². The fraction of sp³-hybridized carbons (Fsp3) is 0.647. The lowest BCUT2D eigenvalue weighted by Crippen LogP contribution is -2.37. The molecule has 1 N–H and O–H groups in total. The molecule has 1 aromatic rings. The van der Waals surface area contributed by atoms with Gasteiger partial charge in [-0.25, -0.2) is 0 Å². The molecule has 1 unspecified atom stereocenters. The molecule has 1 aliphatic rings. The second-order valence-electron chi connectivity index (χ2n) is 5.89. The number of rotatable bonds is 8. The molecule has 0 bridgehead atoms. The highest BCUT2D eigenvalue weighted by Gasteiger charge is 2.14. The summed E-state index contributed by atoms with van der Waals surface area (Å²) in [7, 11) is 0. The van der Waals surface area contributed by atoms with E-state index in [1.807, 2.05) is 6.07 Å². The van der Waals surface area contributed by atoms with Crippen molar-refractivity contribution in [2.75, 3.05) is 26.2 Å². The van der Waals surface area contributed by atoms with Gasteiger partial charge in [-0.3, -0.25) is 0 Å². The van der Waals surface area contributed by atoms with Gasteiger partial charge in [-0.2, -0.15) is 0 Å². The molecule has 2 rings (SSSR count). The standard InChI is InChI=1S/C17H27BrN2O/c1-3-10-21-17-7-6-16(18)11-15(17)12-19-14(2)13-20-8-4-5-9-20/h6-7,11,14,19H,3-5,8-10,12-13H2,1-2H3. The van der Waals surface area contributed by atoms with Gasteiger partial charge in [0.2, 0.25) is 0 Å². The molecule has 118 valence electrons. The molecule has 0 saturated carbocycles. The van der Waals surface area contributed by atoms with E-state index in [0.29, 0.717) is 6.04 Å². The highest BCUT2D eigenvalue weighted by atomic mass is 79.9. The Morgan fingerprint density at radius 1 is 1.33 bits per heavy atom. The van der Waals surface area contributed by atoms with Gasteiger partial charge < -0.3 is 15.0 Å². The Balaban J connectivity index is 1.86. The van der Waals surface area contributed by atoms with E-state index in [9.17, 15) is 0 Å². The minimum atomic E-state index is 0.501. The maximum absolute atomic E-state index is 5.84. The van der Waals surface area contributed by atoms with Crippen LogP contribution in [0.25, 0.3) is 0 Å². The largest absolute Gasteiger partial charge is 0.493 e. The maximum Gasteiger partial charge on any atom is 0.123 e. The van der Waals surface area contributed by atoms with Crippen molar-refractivity contribution in [2.45, 2.75) is 45.7 Å². The van der Waals surface area contributed by atoms with E-state index in [0.717, 1.165) is 36.3 Å². The molecule has 1 fully saturated rings. The average Bonchev–Trinajstić information content (AvgIpc) is 2.97. The molecule has 1 saturated heterocycles. The lowest BCUT2D eigenvalue weighted by atomic mass is 10.2. The van der Waals surface area contributed by atoms with Crippen LogP contribution in [0, 0.1) is 0 Å². The molecule has 21 heavy (non-hydrogen) atoms. The lowest BCUT2D eigenvalue weighted by molar-refractivity contribution is 0.294. The van der Waals surface area contributed by atoms with E-state index in [2.05, 4.69) is 52.1 Å². The normalized spacial score (nSPS) is 17.1. The number of halogens is 1. The van der Waals surface area contributed by atoms with Crippen molar-refractivity contribution < 1.29 is 4.74 Å². The van der Waals surface area contributed by atoms with E-state index in [1.165, 1.54) is 31.5 Å². The first-order chi connectivity index (χ1) is 10.2. The van der Waals surface area contributed by atoms with Crippen molar-refractivity contribution in [1.29, 1.82) is 0 Å². The Kier molecular flexibility index (Phi) is 7.00. The highest BCUT2D eigenvalue weighted by molar-refractivity contribution is 9.10. The topological polar surface area (TPSA) is 24.5 Å². The smallest absolute Gasteiger partial charge is 0.123 e. The molecular formula is C17H27BrN2O. The monoisotopic (exact) mass is 354 g/mol. The number of nitrogens with zero attached hydrogens (tertiary/aromatic N) is 1. The fourth-order valence-electron chi connectivity index (χ4n) is 2.74. The number of ether oxygens (including phenoxy) is 1.